The van der Waals surface area contributed by atoms with Crippen molar-refractivity contribution in [3.8, 4) is 22.5 Å². The minimum atomic E-state index is -0.311. The zero-order valence-corrected chi connectivity index (χ0v) is 12.0. The molecule has 0 spiro atoms. The van der Waals surface area contributed by atoms with Gasteiger partial charge in [-0.3, -0.25) is 0 Å². The second-order valence-electron chi connectivity index (χ2n) is 4.69. The van der Waals surface area contributed by atoms with E-state index in [0.717, 1.165) is 16.7 Å². The monoisotopic (exact) mass is 302 g/mol. The molecule has 3 rings (SSSR count). The lowest BCUT2D eigenvalue weighted by Crippen LogP contribution is -1.90. The molecule has 0 saturated heterocycles. The van der Waals surface area contributed by atoms with Crippen molar-refractivity contribution in [3.05, 3.63) is 58.9 Å². The van der Waals surface area contributed by atoms with E-state index >= 15 is 0 Å². The van der Waals surface area contributed by atoms with Gasteiger partial charge < -0.3 is 10.3 Å². The van der Waals surface area contributed by atoms with Crippen molar-refractivity contribution in [3.63, 3.8) is 0 Å². The van der Waals surface area contributed by atoms with Crippen molar-refractivity contribution in [2.24, 2.45) is 0 Å². The van der Waals surface area contributed by atoms with E-state index in [0.29, 0.717) is 16.3 Å². The highest BCUT2D eigenvalue weighted by molar-refractivity contribution is 6.31. The molecule has 2 aromatic carbocycles. The largest absolute Gasteiger partial charge is 0.380 e. The quantitative estimate of drug-likeness (QED) is 0.747. The second-order valence-corrected chi connectivity index (χ2v) is 5.10. The second kappa shape index (κ2) is 5.22. The Bertz CT molecular complexity index is 797. The Morgan fingerprint density at radius 2 is 1.86 bits per heavy atom. The number of anilines is 1. The molecular formula is C16H12ClFN2O. The van der Waals surface area contributed by atoms with Gasteiger partial charge in [0.2, 0.25) is 0 Å². The first-order chi connectivity index (χ1) is 10.1. The van der Waals surface area contributed by atoms with Gasteiger partial charge in [0.05, 0.1) is 5.56 Å². The van der Waals surface area contributed by atoms with Crippen LogP contribution in [0.1, 0.15) is 5.56 Å². The van der Waals surface area contributed by atoms with Crippen LogP contribution in [0.4, 0.5) is 10.2 Å². The molecule has 2 N–H and O–H groups in total. The molecule has 0 aliphatic carbocycles. The summed E-state index contributed by atoms with van der Waals surface area (Å²) in [6, 6.07) is 11.5. The smallest absolute Gasteiger partial charge is 0.177 e. The Morgan fingerprint density at radius 1 is 1.14 bits per heavy atom. The van der Waals surface area contributed by atoms with Crippen molar-refractivity contribution >= 4 is 17.4 Å². The number of nitrogens with two attached hydrogens (primary N) is 1. The zero-order chi connectivity index (χ0) is 15.0. The zero-order valence-electron chi connectivity index (χ0n) is 11.2. The summed E-state index contributed by atoms with van der Waals surface area (Å²) in [5.74, 6) is 0.476. The van der Waals surface area contributed by atoms with Crippen molar-refractivity contribution in [2.45, 2.75) is 6.92 Å². The van der Waals surface area contributed by atoms with Crippen LogP contribution in [0, 0.1) is 12.7 Å². The summed E-state index contributed by atoms with van der Waals surface area (Å²) in [4.78, 5) is 0. The third-order valence-corrected chi connectivity index (χ3v) is 3.77. The van der Waals surface area contributed by atoms with Crippen LogP contribution in [-0.2, 0) is 0 Å². The Hall–Kier alpha value is -2.33. The van der Waals surface area contributed by atoms with Crippen LogP contribution in [0.3, 0.4) is 0 Å². The predicted octanol–water partition coefficient (Wildman–Crippen LogP) is 4.69. The summed E-state index contributed by atoms with van der Waals surface area (Å²) in [6.45, 7) is 1.89. The summed E-state index contributed by atoms with van der Waals surface area (Å²) in [5, 5.41) is 4.46. The van der Waals surface area contributed by atoms with Gasteiger partial charge in [0.25, 0.3) is 0 Å². The predicted molar refractivity (Wildman–Crippen MR) is 81.5 cm³/mol. The van der Waals surface area contributed by atoms with Gasteiger partial charge in [0.1, 0.15) is 5.82 Å². The molecule has 0 bridgehead atoms. The van der Waals surface area contributed by atoms with Crippen LogP contribution in [-0.4, -0.2) is 5.16 Å². The first-order valence-corrected chi connectivity index (χ1v) is 6.72. The molecule has 0 unspecified atom stereocenters. The van der Waals surface area contributed by atoms with Gasteiger partial charge in [-0.05, 0) is 36.2 Å². The van der Waals surface area contributed by atoms with Crippen molar-refractivity contribution < 1.29 is 8.91 Å². The first kappa shape index (κ1) is 13.6. The van der Waals surface area contributed by atoms with E-state index < -0.39 is 0 Å². The molecular weight excluding hydrogens is 291 g/mol. The minimum absolute atomic E-state index is 0.260. The fraction of sp³-hybridized carbons (Fsp3) is 0.0625. The lowest BCUT2D eigenvalue weighted by molar-refractivity contribution is 0.436. The third-order valence-electron chi connectivity index (χ3n) is 3.36. The number of nitrogens with zero attached hydrogens (tertiary/aromatic N) is 1. The number of rotatable bonds is 2. The Morgan fingerprint density at radius 3 is 2.57 bits per heavy atom. The highest BCUT2D eigenvalue weighted by Gasteiger charge is 2.19. The summed E-state index contributed by atoms with van der Waals surface area (Å²) < 4.78 is 18.5. The Kier molecular flexibility index (Phi) is 3.39. The van der Waals surface area contributed by atoms with Gasteiger partial charge in [-0.25, -0.2) is 4.39 Å². The number of hydrogen-bond acceptors (Lipinski definition) is 3. The lowest BCUT2D eigenvalue weighted by Gasteiger charge is -2.07. The van der Waals surface area contributed by atoms with Gasteiger partial charge in [0.15, 0.2) is 11.6 Å². The van der Waals surface area contributed by atoms with Crippen LogP contribution < -0.4 is 5.73 Å². The van der Waals surface area contributed by atoms with E-state index in [1.807, 2.05) is 19.1 Å². The van der Waals surface area contributed by atoms with Gasteiger partial charge in [0, 0.05) is 10.6 Å². The molecule has 0 saturated carbocycles. The van der Waals surface area contributed by atoms with Gasteiger partial charge in [-0.15, -0.1) is 0 Å². The summed E-state index contributed by atoms with van der Waals surface area (Å²) in [6.07, 6.45) is 0. The number of hydrogen-bond donors (Lipinski definition) is 1. The molecule has 21 heavy (non-hydrogen) atoms. The maximum Gasteiger partial charge on any atom is 0.177 e. The highest BCUT2D eigenvalue weighted by atomic mass is 35.5. The Labute approximate surface area is 126 Å². The lowest BCUT2D eigenvalue weighted by atomic mass is 9.98. The van der Waals surface area contributed by atoms with E-state index in [2.05, 4.69) is 5.16 Å². The molecule has 3 aromatic rings. The summed E-state index contributed by atoms with van der Waals surface area (Å²) >= 11 is 6.15. The molecule has 0 aliphatic rings. The molecule has 0 radical (unpaired) electrons. The minimum Gasteiger partial charge on any atom is -0.380 e. The molecule has 1 aromatic heterocycles. The highest BCUT2D eigenvalue weighted by Crippen LogP contribution is 2.39. The third kappa shape index (κ3) is 2.38. The van der Waals surface area contributed by atoms with Gasteiger partial charge in [-0.1, -0.05) is 41.0 Å². The van der Waals surface area contributed by atoms with E-state index in [1.54, 1.807) is 18.2 Å². The number of aromatic nitrogens is 1. The maximum absolute atomic E-state index is 13.1. The molecule has 3 nitrogen and oxygen atoms in total. The molecule has 0 aliphatic heterocycles. The molecule has 0 atom stereocenters. The van der Waals surface area contributed by atoms with Crippen LogP contribution in [0.15, 0.2) is 47.0 Å². The summed E-state index contributed by atoms with van der Waals surface area (Å²) in [5.41, 5.74) is 8.97. The van der Waals surface area contributed by atoms with Crippen molar-refractivity contribution in [1.82, 2.24) is 5.16 Å². The number of halogens is 2. The normalized spacial score (nSPS) is 10.8. The summed E-state index contributed by atoms with van der Waals surface area (Å²) in [7, 11) is 0. The molecule has 0 fully saturated rings. The molecule has 0 amide bonds. The van der Waals surface area contributed by atoms with Crippen molar-refractivity contribution in [2.75, 3.05) is 5.73 Å². The standard InChI is InChI=1S/C16H12ClFN2O/c1-9-12(3-2-4-13(9)17)15-14(16(19)20-21-15)10-5-7-11(18)8-6-10/h2-8H,1H3,(H2,19,20). The topological polar surface area (TPSA) is 52.0 Å². The van der Waals surface area contributed by atoms with Crippen LogP contribution >= 0.6 is 11.6 Å². The first-order valence-electron chi connectivity index (χ1n) is 6.34. The van der Waals surface area contributed by atoms with Crippen LogP contribution in [0.5, 0.6) is 0 Å². The van der Waals surface area contributed by atoms with E-state index in [9.17, 15) is 4.39 Å². The molecule has 1 heterocycles. The van der Waals surface area contributed by atoms with Crippen LogP contribution in [0.25, 0.3) is 22.5 Å². The average Bonchev–Trinajstić information content (AvgIpc) is 2.85. The van der Waals surface area contributed by atoms with Crippen LogP contribution in [0.2, 0.25) is 5.02 Å². The Balaban J connectivity index is 2.22. The number of benzene rings is 2. The fourth-order valence-corrected chi connectivity index (χ4v) is 2.41. The maximum atomic E-state index is 13.1. The SMILES string of the molecule is Cc1c(Cl)cccc1-c1onc(N)c1-c1ccc(F)cc1. The van der Waals surface area contributed by atoms with E-state index in [-0.39, 0.29) is 11.6 Å². The fourth-order valence-electron chi connectivity index (χ4n) is 2.24. The van der Waals surface area contributed by atoms with E-state index in [4.69, 9.17) is 21.9 Å². The number of nitrogen functional groups attached to an aromatic ring is 1. The van der Waals surface area contributed by atoms with Crippen molar-refractivity contribution in [1.29, 1.82) is 0 Å². The average molecular weight is 303 g/mol. The van der Waals surface area contributed by atoms with Gasteiger partial charge in [-0.2, -0.15) is 0 Å². The molecule has 5 heteroatoms. The molecule has 106 valence electrons. The van der Waals surface area contributed by atoms with Gasteiger partial charge >= 0.3 is 0 Å². The van der Waals surface area contributed by atoms with E-state index in [1.165, 1.54) is 12.1 Å².